The number of rotatable bonds is 7. The molecule has 0 radical (unpaired) electrons. The zero-order chi connectivity index (χ0) is 20.9. The molecular formula is C23H23Cl2FN2O2. The lowest BCUT2D eigenvalue weighted by Crippen LogP contribution is -2.33. The van der Waals surface area contributed by atoms with Crippen molar-refractivity contribution in [1.82, 2.24) is 9.55 Å². The van der Waals surface area contributed by atoms with Gasteiger partial charge in [0.15, 0.2) is 6.29 Å². The minimum atomic E-state index is -0.409. The number of aromatic nitrogens is 2. The first-order valence-electron chi connectivity index (χ1n) is 10.0. The van der Waals surface area contributed by atoms with Crippen LogP contribution in [0.5, 0.6) is 0 Å². The summed E-state index contributed by atoms with van der Waals surface area (Å²) in [6.45, 7) is 0.731. The third kappa shape index (κ3) is 5.41. The zero-order valence-electron chi connectivity index (χ0n) is 16.4. The molecule has 30 heavy (non-hydrogen) atoms. The average molecular weight is 449 g/mol. The van der Waals surface area contributed by atoms with Gasteiger partial charge in [0.25, 0.3) is 0 Å². The van der Waals surface area contributed by atoms with E-state index in [-0.39, 0.29) is 18.2 Å². The van der Waals surface area contributed by atoms with Gasteiger partial charge in [0, 0.05) is 41.0 Å². The van der Waals surface area contributed by atoms with E-state index in [2.05, 4.69) is 4.98 Å². The maximum Gasteiger partial charge on any atom is 0.158 e. The quantitative estimate of drug-likeness (QED) is 0.429. The molecule has 7 heteroatoms. The Kier molecular flexibility index (Phi) is 7.05. The van der Waals surface area contributed by atoms with Gasteiger partial charge in [-0.25, -0.2) is 9.37 Å². The second-order valence-electron chi connectivity index (χ2n) is 7.47. The predicted octanol–water partition coefficient (Wildman–Crippen LogP) is 6.22. The van der Waals surface area contributed by atoms with Crippen molar-refractivity contribution in [2.75, 3.05) is 0 Å². The third-order valence-electron chi connectivity index (χ3n) is 5.26. The molecule has 0 amide bonds. The average Bonchev–Trinajstić information content (AvgIpc) is 3.23. The second-order valence-corrected chi connectivity index (χ2v) is 8.28. The lowest BCUT2D eigenvalue weighted by atomic mass is 10.0. The van der Waals surface area contributed by atoms with Crippen molar-refractivity contribution < 1.29 is 13.9 Å². The first-order valence-corrected chi connectivity index (χ1v) is 10.8. The fourth-order valence-electron chi connectivity index (χ4n) is 3.78. The van der Waals surface area contributed by atoms with E-state index in [1.165, 1.54) is 12.1 Å². The number of nitrogens with zero attached hydrogens (tertiary/aromatic N) is 2. The van der Waals surface area contributed by atoms with E-state index < -0.39 is 6.10 Å². The highest BCUT2D eigenvalue weighted by molar-refractivity contribution is 6.36. The topological polar surface area (TPSA) is 36.3 Å². The van der Waals surface area contributed by atoms with E-state index in [0.29, 0.717) is 16.5 Å². The molecule has 2 aromatic carbocycles. The predicted molar refractivity (Wildman–Crippen MR) is 115 cm³/mol. The number of halogens is 3. The smallest absolute Gasteiger partial charge is 0.158 e. The molecule has 1 aliphatic rings. The van der Waals surface area contributed by atoms with Gasteiger partial charge in [-0.05, 0) is 49.1 Å². The minimum absolute atomic E-state index is 0.0474. The summed E-state index contributed by atoms with van der Waals surface area (Å²) in [5, 5.41) is 1.08. The molecule has 0 N–H and O–H groups in total. The molecule has 1 fully saturated rings. The highest BCUT2D eigenvalue weighted by Gasteiger charge is 2.28. The fourth-order valence-corrected chi connectivity index (χ4v) is 4.42. The van der Waals surface area contributed by atoms with Gasteiger partial charge in [0.1, 0.15) is 5.82 Å². The van der Waals surface area contributed by atoms with Crippen molar-refractivity contribution in [3.8, 4) is 0 Å². The standard InChI is InChI=1S/C23H23Cl2FN2O2/c24-19-4-2-5-20(25)23(19)21(13-16-7-9-17(26)10-8-16)30-22-6-1-3-18(29-22)14-28-12-11-27-15-28/h2,4-5,7-12,15,18,21-22H,1,3,6,13-14H2. The summed E-state index contributed by atoms with van der Waals surface area (Å²) in [5.74, 6) is -0.273. The van der Waals surface area contributed by atoms with Gasteiger partial charge in [-0.2, -0.15) is 0 Å². The first-order chi connectivity index (χ1) is 14.6. The van der Waals surface area contributed by atoms with E-state index in [4.69, 9.17) is 32.7 Å². The summed E-state index contributed by atoms with van der Waals surface area (Å²) >= 11 is 13.0. The number of ether oxygens (including phenoxy) is 2. The van der Waals surface area contributed by atoms with Crippen LogP contribution >= 0.6 is 23.2 Å². The Labute approximate surface area is 185 Å². The summed E-state index contributed by atoms with van der Waals surface area (Å²) in [6.07, 6.45) is 8.01. The molecule has 4 nitrogen and oxygen atoms in total. The molecule has 1 saturated heterocycles. The molecule has 1 aliphatic heterocycles. The van der Waals surface area contributed by atoms with Crippen LogP contribution in [0.1, 0.15) is 36.5 Å². The lowest BCUT2D eigenvalue weighted by molar-refractivity contribution is -0.218. The number of benzene rings is 2. The van der Waals surface area contributed by atoms with Crippen LogP contribution in [-0.2, 0) is 22.4 Å². The molecule has 4 rings (SSSR count). The van der Waals surface area contributed by atoms with Crippen LogP contribution in [0.15, 0.2) is 61.2 Å². The van der Waals surface area contributed by atoms with Crippen LogP contribution in [0, 0.1) is 5.82 Å². The highest BCUT2D eigenvalue weighted by atomic mass is 35.5. The number of hydrogen-bond acceptors (Lipinski definition) is 3. The van der Waals surface area contributed by atoms with Crippen molar-refractivity contribution in [1.29, 1.82) is 0 Å². The van der Waals surface area contributed by atoms with E-state index in [1.807, 2.05) is 10.8 Å². The molecule has 3 atom stereocenters. The molecule has 0 aliphatic carbocycles. The van der Waals surface area contributed by atoms with Crippen LogP contribution in [0.4, 0.5) is 4.39 Å². The van der Waals surface area contributed by atoms with Gasteiger partial charge in [-0.15, -0.1) is 0 Å². The van der Waals surface area contributed by atoms with Crippen molar-refractivity contribution in [2.45, 2.75) is 50.7 Å². The third-order valence-corrected chi connectivity index (χ3v) is 5.92. The largest absolute Gasteiger partial charge is 0.348 e. The van der Waals surface area contributed by atoms with Crippen LogP contribution in [0.2, 0.25) is 10.0 Å². The van der Waals surface area contributed by atoms with Gasteiger partial charge < -0.3 is 14.0 Å². The summed E-state index contributed by atoms with van der Waals surface area (Å²) in [7, 11) is 0. The van der Waals surface area contributed by atoms with E-state index in [9.17, 15) is 4.39 Å². The SMILES string of the molecule is Fc1ccc(CC(OC2CCCC(Cn3ccnc3)O2)c2c(Cl)cccc2Cl)cc1. The molecule has 0 bridgehead atoms. The Morgan fingerprint density at radius 2 is 1.90 bits per heavy atom. The lowest BCUT2D eigenvalue weighted by Gasteiger charge is -2.33. The Bertz CT molecular complexity index is 930. The number of hydrogen-bond donors (Lipinski definition) is 0. The fraction of sp³-hybridized carbons (Fsp3) is 0.348. The Morgan fingerprint density at radius 3 is 2.60 bits per heavy atom. The van der Waals surface area contributed by atoms with E-state index in [0.717, 1.165) is 36.9 Å². The maximum absolute atomic E-state index is 13.3. The van der Waals surface area contributed by atoms with Crippen molar-refractivity contribution >= 4 is 23.2 Å². The summed E-state index contributed by atoms with van der Waals surface area (Å²) in [5.41, 5.74) is 1.66. The minimum Gasteiger partial charge on any atom is -0.348 e. The van der Waals surface area contributed by atoms with E-state index >= 15 is 0 Å². The molecule has 3 aromatic rings. The van der Waals surface area contributed by atoms with Gasteiger partial charge >= 0.3 is 0 Å². The maximum atomic E-state index is 13.3. The van der Waals surface area contributed by atoms with Crippen LogP contribution in [-0.4, -0.2) is 21.9 Å². The molecular weight excluding hydrogens is 426 g/mol. The number of imidazole rings is 1. The van der Waals surface area contributed by atoms with Crippen molar-refractivity contribution in [2.24, 2.45) is 0 Å². The molecule has 2 heterocycles. The zero-order valence-corrected chi connectivity index (χ0v) is 17.9. The van der Waals surface area contributed by atoms with Gasteiger partial charge in [0.05, 0.1) is 18.5 Å². The van der Waals surface area contributed by atoms with Gasteiger partial charge in [-0.3, -0.25) is 0 Å². The van der Waals surface area contributed by atoms with Crippen LogP contribution in [0.25, 0.3) is 0 Å². The normalized spacial score (nSPS) is 20.2. The monoisotopic (exact) mass is 448 g/mol. The van der Waals surface area contributed by atoms with Crippen LogP contribution in [0.3, 0.4) is 0 Å². The second kappa shape index (κ2) is 9.92. The Morgan fingerprint density at radius 1 is 1.13 bits per heavy atom. The van der Waals surface area contributed by atoms with Crippen molar-refractivity contribution in [3.63, 3.8) is 0 Å². The Balaban J connectivity index is 1.52. The first kappa shape index (κ1) is 21.3. The highest BCUT2D eigenvalue weighted by Crippen LogP contribution is 2.37. The summed E-state index contributed by atoms with van der Waals surface area (Å²) in [4.78, 5) is 4.09. The molecule has 0 spiro atoms. The van der Waals surface area contributed by atoms with Gasteiger partial charge in [-0.1, -0.05) is 41.4 Å². The van der Waals surface area contributed by atoms with E-state index in [1.54, 1.807) is 42.9 Å². The summed E-state index contributed by atoms with van der Waals surface area (Å²) < 4.78 is 28.0. The molecule has 1 aromatic heterocycles. The van der Waals surface area contributed by atoms with Gasteiger partial charge in [0.2, 0.25) is 0 Å². The summed E-state index contributed by atoms with van der Waals surface area (Å²) in [6, 6.07) is 11.8. The van der Waals surface area contributed by atoms with Crippen LogP contribution < -0.4 is 0 Å². The molecule has 0 saturated carbocycles. The molecule has 158 valence electrons. The van der Waals surface area contributed by atoms with Crippen molar-refractivity contribution in [3.05, 3.63) is 88.2 Å². The molecule has 3 unspecified atom stereocenters. The Hall–Kier alpha value is -1.92.